The van der Waals surface area contributed by atoms with Crippen LogP contribution in [0.3, 0.4) is 0 Å². The van der Waals surface area contributed by atoms with Gasteiger partial charge in [0.15, 0.2) is 0 Å². The van der Waals surface area contributed by atoms with E-state index in [2.05, 4.69) is 58.0 Å². The van der Waals surface area contributed by atoms with Gasteiger partial charge in [-0.25, -0.2) is 9.78 Å². The van der Waals surface area contributed by atoms with Crippen molar-refractivity contribution in [3.8, 4) is 0 Å². The normalized spacial score (nSPS) is 19.5. The molecular weight excluding hydrogens is 504 g/mol. The largest absolute Gasteiger partial charge is 0.444 e. The summed E-state index contributed by atoms with van der Waals surface area (Å²) in [5.41, 5.74) is 3.31. The van der Waals surface area contributed by atoms with Gasteiger partial charge in [-0.2, -0.15) is 4.98 Å². The number of ether oxygens (including phenoxy) is 1. The van der Waals surface area contributed by atoms with E-state index in [1.807, 2.05) is 25.8 Å². The number of cyclic esters (lactones) is 1. The van der Waals surface area contributed by atoms with Crippen molar-refractivity contribution in [1.29, 1.82) is 0 Å². The zero-order valence-corrected chi connectivity index (χ0v) is 24.2. The number of hydrogen-bond acceptors (Lipinski definition) is 7. The lowest BCUT2D eigenvalue weighted by Crippen LogP contribution is -2.46. The molecule has 3 aliphatic rings. The summed E-state index contributed by atoms with van der Waals surface area (Å²) in [7, 11) is 1.89. The number of nitrogens with zero attached hydrogens (tertiary/aromatic N) is 5. The average Bonchev–Trinajstić information content (AvgIpc) is 3.79. The Balaban J connectivity index is 1.25. The standard InChI is InChI=1S/C31H42N6O3/c1-6-28(38)35(5)26-13-15-36(16-14-26)27(17-22-7-8-22)24-11-9-23(10-12-24)21(4)33-30-32-18-25-19-40-31(39)37(20(2)3)29(25)34-30/h6,9-12,18,20-22,26-27H,1,7-8,13-17,19H2,2-5H3,(H,32,33,34)/t21-,27?/m0/s1. The summed E-state index contributed by atoms with van der Waals surface area (Å²) in [6.07, 6.45) is 8.60. The van der Waals surface area contributed by atoms with Crippen molar-refractivity contribution in [1.82, 2.24) is 19.8 Å². The molecule has 0 spiro atoms. The molecule has 5 rings (SSSR count). The Bertz CT molecular complexity index is 1220. The van der Waals surface area contributed by atoms with Crippen molar-refractivity contribution in [2.75, 3.05) is 30.4 Å². The third-order valence-corrected chi connectivity index (χ3v) is 8.56. The maximum Gasteiger partial charge on any atom is 0.416 e. The van der Waals surface area contributed by atoms with Crippen LogP contribution in [0, 0.1) is 5.92 Å². The maximum atomic E-state index is 12.3. The molecule has 1 unspecified atom stereocenters. The van der Waals surface area contributed by atoms with Gasteiger partial charge in [0.2, 0.25) is 11.9 Å². The van der Waals surface area contributed by atoms with Crippen LogP contribution in [0.2, 0.25) is 0 Å². The maximum absolute atomic E-state index is 12.3. The van der Waals surface area contributed by atoms with Crippen molar-refractivity contribution >= 4 is 23.8 Å². The second kappa shape index (κ2) is 12.0. The quantitative estimate of drug-likeness (QED) is 0.396. The van der Waals surface area contributed by atoms with Gasteiger partial charge in [0.25, 0.3) is 0 Å². The minimum atomic E-state index is -0.377. The molecule has 2 fully saturated rings. The van der Waals surface area contributed by atoms with Crippen LogP contribution in [0.5, 0.6) is 0 Å². The molecule has 9 nitrogen and oxygen atoms in total. The molecule has 1 saturated carbocycles. The van der Waals surface area contributed by atoms with E-state index in [9.17, 15) is 9.59 Å². The van der Waals surface area contributed by atoms with E-state index in [4.69, 9.17) is 4.74 Å². The lowest BCUT2D eigenvalue weighted by molar-refractivity contribution is -0.127. The number of piperidine rings is 1. The van der Waals surface area contributed by atoms with Crippen molar-refractivity contribution in [2.45, 2.75) is 83.6 Å². The molecule has 1 aliphatic carbocycles. The summed E-state index contributed by atoms with van der Waals surface area (Å²) in [5, 5.41) is 3.42. The van der Waals surface area contributed by atoms with E-state index in [1.165, 1.54) is 30.9 Å². The molecule has 1 saturated heterocycles. The first kappa shape index (κ1) is 28.1. The first-order valence-corrected chi connectivity index (χ1v) is 14.6. The first-order chi connectivity index (χ1) is 19.2. The summed E-state index contributed by atoms with van der Waals surface area (Å²) in [4.78, 5) is 39.6. The van der Waals surface area contributed by atoms with Gasteiger partial charge in [-0.1, -0.05) is 43.7 Å². The van der Waals surface area contributed by atoms with E-state index >= 15 is 0 Å². The molecule has 40 heavy (non-hydrogen) atoms. The Kier molecular flexibility index (Phi) is 8.40. The van der Waals surface area contributed by atoms with Gasteiger partial charge in [-0.15, -0.1) is 0 Å². The van der Waals surface area contributed by atoms with Gasteiger partial charge in [0.1, 0.15) is 12.4 Å². The number of amides is 2. The second-order valence-corrected chi connectivity index (χ2v) is 11.7. The summed E-state index contributed by atoms with van der Waals surface area (Å²) < 4.78 is 5.26. The van der Waals surface area contributed by atoms with Crippen LogP contribution in [0.25, 0.3) is 0 Å². The molecule has 1 aromatic carbocycles. The van der Waals surface area contributed by atoms with E-state index in [-0.39, 0.29) is 36.7 Å². The number of hydrogen-bond donors (Lipinski definition) is 1. The van der Waals surface area contributed by atoms with Crippen LogP contribution in [0.4, 0.5) is 16.6 Å². The SMILES string of the molecule is C=CC(=O)N(C)C1CCN(C(CC2CC2)c2ccc([C@H](C)Nc3ncc4c(n3)N(C(C)C)C(=O)OC4)cc2)CC1. The number of likely N-dealkylation sites (tertiary alicyclic amines) is 1. The molecule has 2 aliphatic heterocycles. The number of rotatable bonds is 10. The molecule has 9 heteroatoms. The molecule has 2 amide bonds. The predicted octanol–water partition coefficient (Wildman–Crippen LogP) is 5.46. The number of likely N-dealkylation sites (N-methyl/N-ethyl adjacent to an activating group) is 1. The lowest BCUT2D eigenvalue weighted by Gasteiger charge is -2.40. The molecule has 3 heterocycles. The summed E-state index contributed by atoms with van der Waals surface area (Å²) in [6.45, 7) is 11.8. The number of fused-ring (bicyclic) bond motifs is 1. The minimum absolute atomic E-state index is 0.00633. The molecular formula is C31H42N6O3. The summed E-state index contributed by atoms with van der Waals surface area (Å²) in [6, 6.07) is 9.54. The first-order valence-electron chi connectivity index (χ1n) is 14.6. The van der Waals surface area contributed by atoms with Crippen LogP contribution < -0.4 is 10.2 Å². The zero-order valence-electron chi connectivity index (χ0n) is 24.2. The fraction of sp³-hybridized carbons (Fsp3) is 0.548. The fourth-order valence-electron chi connectivity index (χ4n) is 5.89. The Morgan fingerprint density at radius 1 is 1.15 bits per heavy atom. The lowest BCUT2D eigenvalue weighted by atomic mass is 9.94. The van der Waals surface area contributed by atoms with Crippen LogP contribution in [0.1, 0.15) is 81.6 Å². The van der Waals surface area contributed by atoms with Gasteiger partial charge in [-0.3, -0.25) is 14.6 Å². The van der Waals surface area contributed by atoms with Crippen LogP contribution in [-0.4, -0.2) is 64.0 Å². The molecule has 214 valence electrons. The summed E-state index contributed by atoms with van der Waals surface area (Å²) >= 11 is 0. The third-order valence-electron chi connectivity index (χ3n) is 8.56. The van der Waals surface area contributed by atoms with E-state index in [0.717, 1.165) is 43.0 Å². The summed E-state index contributed by atoms with van der Waals surface area (Å²) in [5.74, 6) is 1.92. The highest BCUT2D eigenvalue weighted by Crippen LogP contribution is 2.41. The fourth-order valence-corrected chi connectivity index (χ4v) is 5.89. The van der Waals surface area contributed by atoms with E-state index in [1.54, 1.807) is 11.1 Å². The highest BCUT2D eigenvalue weighted by molar-refractivity contribution is 5.89. The number of benzene rings is 1. The van der Waals surface area contributed by atoms with Crippen LogP contribution >= 0.6 is 0 Å². The van der Waals surface area contributed by atoms with E-state index in [0.29, 0.717) is 17.8 Å². The Hall–Kier alpha value is -3.46. The van der Waals surface area contributed by atoms with Crippen LogP contribution in [-0.2, 0) is 16.1 Å². The van der Waals surface area contributed by atoms with Gasteiger partial charge in [-0.05, 0) is 63.2 Å². The molecule has 0 radical (unpaired) electrons. The van der Waals surface area contributed by atoms with Crippen molar-refractivity contribution in [3.05, 3.63) is 59.8 Å². The zero-order chi connectivity index (χ0) is 28.4. The predicted molar refractivity (Wildman–Crippen MR) is 156 cm³/mol. The molecule has 2 atom stereocenters. The Morgan fingerprint density at radius 3 is 2.45 bits per heavy atom. The number of anilines is 2. The van der Waals surface area contributed by atoms with Gasteiger partial charge < -0.3 is 15.0 Å². The average molecular weight is 547 g/mol. The van der Waals surface area contributed by atoms with Gasteiger partial charge in [0.05, 0.1) is 11.6 Å². The highest BCUT2D eigenvalue weighted by Gasteiger charge is 2.33. The minimum Gasteiger partial charge on any atom is -0.444 e. The van der Waals surface area contributed by atoms with Crippen molar-refractivity contribution < 1.29 is 14.3 Å². The van der Waals surface area contributed by atoms with E-state index < -0.39 is 0 Å². The molecule has 1 aromatic heterocycles. The van der Waals surface area contributed by atoms with Gasteiger partial charge in [0, 0.05) is 44.5 Å². The van der Waals surface area contributed by atoms with Crippen molar-refractivity contribution in [2.24, 2.45) is 5.92 Å². The van der Waals surface area contributed by atoms with Gasteiger partial charge >= 0.3 is 6.09 Å². The number of carbonyl (C=O) groups excluding carboxylic acids is 2. The molecule has 1 N–H and O–H groups in total. The molecule has 0 bridgehead atoms. The van der Waals surface area contributed by atoms with Crippen LogP contribution in [0.15, 0.2) is 43.1 Å². The third kappa shape index (κ3) is 6.14. The second-order valence-electron chi connectivity index (χ2n) is 11.7. The Labute approximate surface area is 237 Å². The smallest absolute Gasteiger partial charge is 0.416 e. The number of aromatic nitrogens is 2. The monoisotopic (exact) mass is 546 g/mol. The van der Waals surface area contributed by atoms with Crippen molar-refractivity contribution in [3.63, 3.8) is 0 Å². The molecule has 2 aromatic rings. The number of nitrogens with one attached hydrogen (secondary N) is 1. The Morgan fingerprint density at radius 2 is 1.82 bits per heavy atom. The number of carbonyl (C=O) groups is 2. The highest BCUT2D eigenvalue weighted by atomic mass is 16.6. The topological polar surface area (TPSA) is 90.9 Å².